The molecule has 6 heteroatoms. The average molecular weight is 315 g/mol. The fourth-order valence-electron chi connectivity index (χ4n) is 2.64. The lowest BCUT2D eigenvalue weighted by Gasteiger charge is -2.19. The van der Waals surface area contributed by atoms with E-state index in [4.69, 9.17) is 13.9 Å². The van der Waals surface area contributed by atoms with E-state index in [2.05, 4.69) is 4.98 Å². The summed E-state index contributed by atoms with van der Waals surface area (Å²) in [5.74, 6) is 1.65. The number of aromatic nitrogens is 1. The molecule has 0 radical (unpaired) electrons. The van der Waals surface area contributed by atoms with Crippen LogP contribution in [0.3, 0.4) is 0 Å². The van der Waals surface area contributed by atoms with Gasteiger partial charge in [0.15, 0.2) is 11.3 Å². The number of benzene rings is 1. The van der Waals surface area contributed by atoms with Gasteiger partial charge in [-0.3, -0.25) is 4.79 Å². The minimum absolute atomic E-state index is 0.0963. The van der Waals surface area contributed by atoms with Crippen LogP contribution in [0.4, 0.5) is 0 Å². The second kappa shape index (κ2) is 4.84. The summed E-state index contributed by atoms with van der Waals surface area (Å²) >= 11 is 1.51. The smallest absolute Gasteiger partial charge is 0.205 e. The Kier molecular flexibility index (Phi) is 2.94. The number of fused-ring (bicyclic) bond motifs is 3. The maximum Gasteiger partial charge on any atom is 0.205 e. The summed E-state index contributed by atoms with van der Waals surface area (Å²) < 4.78 is 17.1. The predicted molar refractivity (Wildman–Crippen MR) is 84.1 cm³/mol. The fraction of sp³-hybridized carbons (Fsp3) is 0.250. The molecule has 2 aromatic heterocycles. The average Bonchev–Trinajstić information content (AvgIpc) is 2.93. The third-order valence-electron chi connectivity index (χ3n) is 3.62. The molecule has 3 heterocycles. The Morgan fingerprint density at radius 2 is 2.00 bits per heavy atom. The van der Waals surface area contributed by atoms with Crippen LogP contribution in [-0.4, -0.2) is 18.2 Å². The van der Waals surface area contributed by atoms with Crippen molar-refractivity contribution < 1.29 is 13.9 Å². The minimum atomic E-state index is -0.0963. The van der Waals surface area contributed by atoms with Crippen molar-refractivity contribution in [1.82, 2.24) is 4.98 Å². The molecule has 3 aromatic rings. The predicted octanol–water partition coefficient (Wildman–Crippen LogP) is 3.30. The van der Waals surface area contributed by atoms with Gasteiger partial charge in [0.2, 0.25) is 11.2 Å². The molecule has 0 fully saturated rings. The van der Waals surface area contributed by atoms with E-state index < -0.39 is 0 Å². The Balaban J connectivity index is 2.04. The van der Waals surface area contributed by atoms with Crippen LogP contribution in [0.2, 0.25) is 0 Å². The van der Waals surface area contributed by atoms with Gasteiger partial charge in [-0.2, -0.15) is 0 Å². The zero-order chi connectivity index (χ0) is 15.3. The molecule has 0 bridgehead atoms. The largest absolute Gasteiger partial charge is 0.486 e. The first-order valence-corrected chi connectivity index (χ1v) is 7.81. The minimum Gasteiger partial charge on any atom is -0.486 e. The van der Waals surface area contributed by atoms with Crippen LogP contribution in [0.5, 0.6) is 11.5 Å². The van der Waals surface area contributed by atoms with Crippen LogP contribution >= 0.6 is 11.3 Å². The molecular formula is C16H13NO4S. The van der Waals surface area contributed by atoms with Gasteiger partial charge in [0.05, 0.1) is 21.7 Å². The summed E-state index contributed by atoms with van der Waals surface area (Å²) in [4.78, 5) is 17.3. The number of ether oxygens (including phenoxy) is 2. The highest BCUT2D eigenvalue weighted by molar-refractivity contribution is 7.09. The number of aryl methyl sites for hydroxylation is 2. The lowest BCUT2D eigenvalue weighted by molar-refractivity contribution is 0.172. The van der Waals surface area contributed by atoms with Crippen LogP contribution in [0.1, 0.15) is 10.8 Å². The number of thiazole rings is 1. The highest BCUT2D eigenvalue weighted by Crippen LogP contribution is 2.38. The lowest BCUT2D eigenvalue weighted by atomic mass is 10.1. The first-order valence-electron chi connectivity index (χ1n) is 6.93. The summed E-state index contributed by atoms with van der Waals surface area (Å²) in [6.07, 6.45) is 0. The van der Waals surface area contributed by atoms with Gasteiger partial charge in [0.25, 0.3) is 0 Å². The van der Waals surface area contributed by atoms with E-state index in [9.17, 15) is 4.79 Å². The van der Waals surface area contributed by atoms with Crippen molar-refractivity contribution in [2.24, 2.45) is 0 Å². The topological polar surface area (TPSA) is 61.6 Å². The molecule has 0 aliphatic carbocycles. The van der Waals surface area contributed by atoms with E-state index in [0.717, 1.165) is 5.01 Å². The van der Waals surface area contributed by atoms with Crippen LogP contribution in [0.25, 0.3) is 22.2 Å². The second-order valence-corrected chi connectivity index (χ2v) is 6.14. The molecule has 0 unspecified atom stereocenters. The van der Waals surface area contributed by atoms with Gasteiger partial charge in [-0.1, -0.05) is 0 Å². The van der Waals surface area contributed by atoms with E-state index >= 15 is 0 Å². The Hall–Kier alpha value is -2.34. The van der Waals surface area contributed by atoms with Crippen molar-refractivity contribution in [3.8, 4) is 22.8 Å². The van der Waals surface area contributed by atoms with E-state index in [1.807, 2.05) is 12.3 Å². The number of nitrogens with zero attached hydrogens (tertiary/aromatic N) is 1. The summed E-state index contributed by atoms with van der Waals surface area (Å²) in [5.41, 5.74) is 1.51. The zero-order valence-corrected chi connectivity index (χ0v) is 13.0. The van der Waals surface area contributed by atoms with Gasteiger partial charge in [-0.25, -0.2) is 4.98 Å². The maximum atomic E-state index is 12.9. The quantitative estimate of drug-likeness (QED) is 0.689. The number of hydrogen-bond acceptors (Lipinski definition) is 6. The standard InChI is InChI=1S/C16H13NO4S/c1-8-13(11-7-22-9(2)17-11)14(18)10-3-4-12-16(15(10)21-8)20-6-5-19-12/h3-4,7H,5-6H2,1-2H3. The molecule has 5 nitrogen and oxygen atoms in total. The van der Waals surface area contributed by atoms with Crippen molar-refractivity contribution in [3.63, 3.8) is 0 Å². The molecule has 1 aromatic carbocycles. The van der Waals surface area contributed by atoms with Gasteiger partial charge >= 0.3 is 0 Å². The van der Waals surface area contributed by atoms with Crippen LogP contribution in [0.15, 0.2) is 26.7 Å². The Labute approximate surface area is 130 Å². The highest BCUT2D eigenvalue weighted by atomic mass is 32.1. The molecule has 1 aliphatic heterocycles. The van der Waals surface area contributed by atoms with Gasteiger partial charge in [0.1, 0.15) is 19.0 Å². The normalized spacial score (nSPS) is 13.5. The first kappa shape index (κ1) is 13.3. The van der Waals surface area contributed by atoms with Gasteiger partial charge < -0.3 is 13.9 Å². The Morgan fingerprint density at radius 1 is 1.18 bits per heavy atom. The zero-order valence-electron chi connectivity index (χ0n) is 12.1. The molecule has 0 saturated heterocycles. The van der Waals surface area contributed by atoms with Gasteiger partial charge in [0, 0.05) is 5.38 Å². The lowest BCUT2D eigenvalue weighted by Crippen LogP contribution is -2.16. The molecule has 0 saturated carbocycles. The van der Waals surface area contributed by atoms with Crippen LogP contribution in [-0.2, 0) is 0 Å². The summed E-state index contributed by atoms with van der Waals surface area (Å²) in [5, 5.41) is 3.27. The van der Waals surface area contributed by atoms with Gasteiger partial charge in [-0.05, 0) is 26.0 Å². The molecule has 22 heavy (non-hydrogen) atoms. The molecule has 0 amide bonds. The van der Waals surface area contributed by atoms with Crippen molar-refractivity contribution in [1.29, 1.82) is 0 Å². The second-order valence-electron chi connectivity index (χ2n) is 5.08. The van der Waals surface area contributed by atoms with Crippen molar-refractivity contribution in [3.05, 3.63) is 38.5 Å². The molecule has 4 rings (SSSR count). The van der Waals surface area contributed by atoms with Gasteiger partial charge in [-0.15, -0.1) is 11.3 Å². The molecule has 0 N–H and O–H groups in total. The number of hydrogen-bond donors (Lipinski definition) is 0. The van der Waals surface area contributed by atoms with E-state index in [0.29, 0.717) is 52.7 Å². The highest BCUT2D eigenvalue weighted by Gasteiger charge is 2.22. The molecule has 0 spiro atoms. The summed E-state index contributed by atoms with van der Waals surface area (Å²) in [7, 11) is 0. The third kappa shape index (κ3) is 1.91. The van der Waals surface area contributed by atoms with E-state index in [1.165, 1.54) is 11.3 Å². The van der Waals surface area contributed by atoms with Crippen LogP contribution in [0, 0.1) is 13.8 Å². The van der Waals surface area contributed by atoms with E-state index in [-0.39, 0.29) is 5.43 Å². The molecule has 112 valence electrons. The maximum absolute atomic E-state index is 12.9. The summed E-state index contributed by atoms with van der Waals surface area (Å²) in [6.45, 7) is 4.63. The first-order chi connectivity index (χ1) is 10.6. The summed E-state index contributed by atoms with van der Waals surface area (Å²) in [6, 6.07) is 3.47. The third-order valence-corrected chi connectivity index (χ3v) is 4.39. The fourth-order valence-corrected chi connectivity index (χ4v) is 3.25. The SMILES string of the molecule is Cc1nc(-c2c(C)oc3c4c(ccc3c2=O)OCCO4)cs1. The van der Waals surface area contributed by atoms with Crippen molar-refractivity contribution in [2.75, 3.05) is 13.2 Å². The Bertz CT molecular complexity index is 941. The van der Waals surface area contributed by atoms with Crippen LogP contribution < -0.4 is 14.9 Å². The number of rotatable bonds is 1. The van der Waals surface area contributed by atoms with Crippen molar-refractivity contribution >= 4 is 22.3 Å². The molecule has 1 aliphatic rings. The van der Waals surface area contributed by atoms with E-state index in [1.54, 1.807) is 19.1 Å². The monoisotopic (exact) mass is 315 g/mol. The molecule has 0 atom stereocenters. The molecular weight excluding hydrogens is 302 g/mol. The van der Waals surface area contributed by atoms with Crippen molar-refractivity contribution in [2.45, 2.75) is 13.8 Å². The Morgan fingerprint density at radius 3 is 2.77 bits per heavy atom.